The molecule has 3 aromatic rings. The Kier molecular flexibility index (Phi) is 7.98. The third kappa shape index (κ3) is 5.22. The molecule has 42 heavy (non-hydrogen) atoms. The fourth-order valence-electron chi connectivity index (χ4n) is 7.06. The third-order valence-electron chi connectivity index (χ3n) is 8.63. The van der Waals surface area contributed by atoms with Crippen LogP contribution in [0.3, 0.4) is 0 Å². The standard InChI is InChI=1S/C33H37ClFN3O4/c1-6-38-27(17-32(2,3)4)33(18-36-25-16-21(34)11-12-23(25)33)28(19-8-7-9-22(35)14-19)29(38)30(39)37-24-13-10-20(31(40)41)15-26(24)42-5/h7-16,27-29,36H,6,17-18H2,1-5H3,(H,37,39)(H,40,41)/t27-,28-,29+,33-/m0/s1. The highest BCUT2D eigenvalue weighted by Crippen LogP contribution is 2.59. The van der Waals surface area contributed by atoms with Gasteiger partial charge in [0.25, 0.3) is 0 Å². The molecule has 0 unspecified atom stereocenters. The molecule has 7 nitrogen and oxygen atoms in total. The number of halogens is 2. The number of nitrogens with zero attached hydrogens (tertiary/aromatic N) is 1. The van der Waals surface area contributed by atoms with Crippen molar-refractivity contribution in [3.63, 3.8) is 0 Å². The Morgan fingerprint density at radius 1 is 1.17 bits per heavy atom. The van der Waals surface area contributed by atoms with Crippen LogP contribution in [0.15, 0.2) is 60.7 Å². The average Bonchev–Trinajstić information content (AvgIpc) is 3.43. The Labute approximate surface area is 251 Å². The number of carbonyl (C=O) groups is 2. The largest absolute Gasteiger partial charge is 0.495 e. The summed E-state index contributed by atoms with van der Waals surface area (Å²) in [6.07, 6.45) is 0.789. The summed E-state index contributed by atoms with van der Waals surface area (Å²) in [4.78, 5) is 28.3. The monoisotopic (exact) mass is 593 g/mol. The van der Waals surface area contributed by atoms with Crippen molar-refractivity contribution < 1.29 is 23.8 Å². The van der Waals surface area contributed by atoms with Crippen LogP contribution in [0.1, 0.15) is 61.5 Å². The maximum Gasteiger partial charge on any atom is 0.335 e. The normalized spacial score (nSPS) is 23.5. The van der Waals surface area contributed by atoms with Gasteiger partial charge in [-0.05, 0) is 72.0 Å². The van der Waals surface area contributed by atoms with Gasteiger partial charge in [0.15, 0.2) is 0 Å². The van der Waals surface area contributed by atoms with Crippen molar-refractivity contribution in [1.29, 1.82) is 0 Å². The quantitative estimate of drug-likeness (QED) is 0.280. The molecule has 1 fully saturated rings. The number of carboxylic acids is 1. The number of ether oxygens (including phenoxy) is 1. The van der Waals surface area contributed by atoms with Gasteiger partial charge < -0.3 is 20.5 Å². The van der Waals surface area contributed by atoms with Gasteiger partial charge in [-0.1, -0.05) is 57.5 Å². The highest BCUT2D eigenvalue weighted by atomic mass is 35.5. The molecule has 222 valence electrons. The van der Waals surface area contributed by atoms with Gasteiger partial charge in [-0.25, -0.2) is 9.18 Å². The first-order valence-corrected chi connectivity index (χ1v) is 14.5. The Balaban J connectivity index is 1.70. The van der Waals surface area contributed by atoms with E-state index in [1.165, 1.54) is 31.4 Å². The fourth-order valence-corrected chi connectivity index (χ4v) is 7.23. The minimum Gasteiger partial charge on any atom is -0.495 e. The summed E-state index contributed by atoms with van der Waals surface area (Å²) in [5, 5.41) is 16.7. The number of methoxy groups -OCH3 is 1. The Bertz CT molecular complexity index is 1520. The van der Waals surface area contributed by atoms with E-state index in [9.17, 15) is 19.1 Å². The molecule has 3 aromatic carbocycles. The van der Waals surface area contributed by atoms with Gasteiger partial charge in [0.05, 0.1) is 24.4 Å². The molecule has 2 heterocycles. The van der Waals surface area contributed by atoms with Crippen LogP contribution in [0.25, 0.3) is 0 Å². The number of benzene rings is 3. The summed E-state index contributed by atoms with van der Waals surface area (Å²) in [6.45, 7) is 9.77. The SMILES string of the molecule is CCN1[C@@H](CC(C)(C)C)[C@@]2(CNc3cc(Cl)ccc32)[C@@H](c2cccc(F)c2)[C@@H]1C(=O)Nc1ccc(C(=O)O)cc1OC. The zero-order valence-corrected chi connectivity index (χ0v) is 25.3. The average molecular weight is 594 g/mol. The molecule has 9 heteroatoms. The molecule has 0 bridgehead atoms. The van der Waals surface area contributed by atoms with E-state index in [4.69, 9.17) is 16.3 Å². The van der Waals surface area contributed by atoms with Gasteiger partial charge in [-0.15, -0.1) is 0 Å². The smallest absolute Gasteiger partial charge is 0.335 e. The molecule has 0 aromatic heterocycles. The molecule has 5 rings (SSSR count). The number of amides is 1. The molecule has 0 aliphatic carbocycles. The van der Waals surface area contributed by atoms with Gasteiger partial charge in [0, 0.05) is 34.6 Å². The lowest BCUT2D eigenvalue weighted by atomic mass is 9.63. The van der Waals surface area contributed by atoms with E-state index in [2.05, 4.69) is 36.3 Å². The number of aromatic carboxylic acids is 1. The number of anilines is 2. The molecule has 1 amide bonds. The van der Waals surface area contributed by atoms with Gasteiger partial charge in [-0.2, -0.15) is 0 Å². The molecule has 0 saturated carbocycles. The molecular weight excluding hydrogens is 557 g/mol. The molecule has 0 radical (unpaired) electrons. The topological polar surface area (TPSA) is 90.9 Å². The van der Waals surface area contributed by atoms with Gasteiger partial charge in [0.2, 0.25) is 5.91 Å². The summed E-state index contributed by atoms with van der Waals surface area (Å²) >= 11 is 6.41. The van der Waals surface area contributed by atoms with Gasteiger partial charge >= 0.3 is 5.97 Å². The van der Waals surface area contributed by atoms with Gasteiger partial charge in [0.1, 0.15) is 11.6 Å². The summed E-state index contributed by atoms with van der Waals surface area (Å²) in [5.41, 5.74) is 2.49. The van der Waals surface area contributed by atoms with E-state index in [1.54, 1.807) is 12.1 Å². The second-order valence-electron chi connectivity index (χ2n) is 12.4. The number of fused-ring (bicyclic) bond motifs is 2. The van der Waals surface area contributed by atoms with Crippen molar-refractivity contribution in [2.45, 2.75) is 57.5 Å². The maximum absolute atomic E-state index is 14.9. The minimum absolute atomic E-state index is 0.0510. The van der Waals surface area contributed by atoms with Crippen LogP contribution in [0.2, 0.25) is 5.02 Å². The number of hydrogen-bond acceptors (Lipinski definition) is 5. The van der Waals surface area contributed by atoms with Gasteiger partial charge in [-0.3, -0.25) is 9.69 Å². The third-order valence-corrected chi connectivity index (χ3v) is 8.87. The van der Waals surface area contributed by atoms with E-state index in [1.807, 2.05) is 31.2 Å². The first-order valence-electron chi connectivity index (χ1n) is 14.2. The van der Waals surface area contributed by atoms with E-state index < -0.39 is 23.3 Å². The predicted molar refractivity (Wildman–Crippen MR) is 163 cm³/mol. The highest BCUT2D eigenvalue weighted by molar-refractivity contribution is 6.30. The number of rotatable bonds is 7. The molecule has 3 N–H and O–H groups in total. The van der Waals surface area contributed by atoms with Crippen molar-refractivity contribution in [1.82, 2.24) is 4.90 Å². The summed E-state index contributed by atoms with van der Waals surface area (Å²) in [6, 6.07) is 16.0. The van der Waals surface area contributed by atoms with Crippen molar-refractivity contribution in [2.24, 2.45) is 5.41 Å². The fraction of sp³-hybridized carbons (Fsp3) is 0.394. The van der Waals surface area contributed by atoms with E-state index >= 15 is 0 Å². The van der Waals surface area contributed by atoms with Crippen molar-refractivity contribution in [2.75, 3.05) is 30.8 Å². The Hall–Kier alpha value is -3.62. The lowest BCUT2D eigenvalue weighted by Crippen LogP contribution is -2.48. The summed E-state index contributed by atoms with van der Waals surface area (Å²) < 4.78 is 20.3. The summed E-state index contributed by atoms with van der Waals surface area (Å²) in [7, 11) is 1.43. The van der Waals surface area contributed by atoms with Crippen molar-refractivity contribution >= 4 is 34.9 Å². The lowest BCUT2D eigenvalue weighted by Gasteiger charge is -2.41. The van der Waals surface area contributed by atoms with Crippen LogP contribution in [-0.4, -0.2) is 54.2 Å². The van der Waals surface area contributed by atoms with Crippen molar-refractivity contribution in [3.8, 4) is 5.75 Å². The minimum atomic E-state index is -1.09. The zero-order valence-electron chi connectivity index (χ0n) is 24.5. The molecular formula is C33H37ClFN3O4. The Morgan fingerprint density at radius 3 is 2.57 bits per heavy atom. The Morgan fingerprint density at radius 2 is 1.93 bits per heavy atom. The van der Waals surface area contributed by atoms with Crippen LogP contribution < -0.4 is 15.4 Å². The van der Waals surface area contributed by atoms with Crippen LogP contribution in [0, 0.1) is 11.2 Å². The van der Waals surface area contributed by atoms with E-state index in [-0.39, 0.29) is 34.5 Å². The van der Waals surface area contributed by atoms with Crippen LogP contribution in [-0.2, 0) is 10.2 Å². The molecule has 1 spiro atoms. The zero-order chi connectivity index (χ0) is 30.4. The molecule has 4 atom stereocenters. The highest BCUT2D eigenvalue weighted by Gasteiger charge is 2.64. The van der Waals surface area contributed by atoms with Crippen LogP contribution >= 0.6 is 11.6 Å². The van der Waals surface area contributed by atoms with Crippen LogP contribution in [0.5, 0.6) is 5.75 Å². The lowest BCUT2D eigenvalue weighted by molar-refractivity contribution is -0.121. The second-order valence-corrected chi connectivity index (χ2v) is 12.8. The van der Waals surface area contributed by atoms with Crippen molar-refractivity contribution in [3.05, 3.63) is 88.2 Å². The number of likely N-dealkylation sites (tertiary alicyclic amines) is 1. The maximum atomic E-state index is 14.9. The first-order chi connectivity index (χ1) is 19.9. The number of carboxylic acid groups (broad SMARTS) is 1. The first kappa shape index (κ1) is 29.9. The summed E-state index contributed by atoms with van der Waals surface area (Å²) in [5.74, 6) is -1.90. The molecule has 2 aliphatic rings. The molecule has 1 saturated heterocycles. The second kappa shape index (κ2) is 11.2. The predicted octanol–water partition coefficient (Wildman–Crippen LogP) is 6.78. The number of likely N-dealkylation sites (N-methyl/N-ethyl adjacent to an activating group) is 1. The molecule has 2 aliphatic heterocycles. The number of hydrogen-bond donors (Lipinski definition) is 3. The number of nitrogens with one attached hydrogen (secondary N) is 2. The van der Waals surface area contributed by atoms with Crippen LogP contribution in [0.4, 0.5) is 15.8 Å². The van der Waals surface area contributed by atoms with E-state index in [0.717, 1.165) is 23.2 Å². The van der Waals surface area contributed by atoms with E-state index in [0.29, 0.717) is 23.8 Å². The number of carbonyl (C=O) groups excluding carboxylic acids is 1.